The van der Waals surface area contributed by atoms with Crippen LogP contribution >= 0.6 is 0 Å². The third kappa shape index (κ3) is 3.46. The van der Waals surface area contributed by atoms with Crippen LogP contribution in [0, 0.1) is 11.3 Å². The predicted octanol–water partition coefficient (Wildman–Crippen LogP) is 3.53. The molecule has 0 bridgehead atoms. The first kappa shape index (κ1) is 16.7. The number of hydrogen-bond donors (Lipinski definition) is 1. The second-order valence-corrected chi connectivity index (χ2v) is 6.04. The van der Waals surface area contributed by atoms with E-state index < -0.39 is 0 Å². The number of nitriles is 1. The molecule has 1 aliphatic heterocycles. The number of benzene rings is 1. The van der Waals surface area contributed by atoms with Gasteiger partial charge >= 0.3 is 0 Å². The van der Waals surface area contributed by atoms with E-state index in [1.54, 1.807) is 48.9 Å². The molecule has 1 aromatic carbocycles. The van der Waals surface area contributed by atoms with Gasteiger partial charge in [-0.05, 0) is 42.5 Å². The number of furan rings is 2. The van der Waals surface area contributed by atoms with Gasteiger partial charge in [0.15, 0.2) is 0 Å². The highest BCUT2D eigenvalue weighted by molar-refractivity contribution is 6.01. The van der Waals surface area contributed by atoms with Crippen LogP contribution in [0.15, 0.2) is 75.0 Å². The van der Waals surface area contributed by atoms with Crippen LogP contribution in [0.25, 0.3) is 0 Å². The van der Waals surface area contributed by atoms with Crippen LogP contribution in [-0.4, -0.2) is 23.2 Å². The average Bonchev–Trinajstić information content (AvgIpc) is 3.46. The van der Waals surface area contributed by atoms with Gasteiger partial charge in [-0.1, -0.05) is 6.07 Å². The zero-order chi connectivity index (χ0) is 18.6. The summed E-state index contributed by atoms with van der Waals surface area (Å²) in [7, 11) is 0. The highest BCUT2D eigenvalue weighted by Gasteiger charge is 2.35. The van der Waals surface area contributed by atoms with E-state index in [0.29, 0.717) is 34.9 Å². The number of rotatable bonds is 5. The van der Waals surface area contributed by atoms with Crippen molar-refractivity contribution in [3.63, 3.8) is 0 Å². The molecule has 1 atom stereocenters. The van der Waals surface area contributed by atoms with E-state index in [2.05, 4.69) is 16.5 Å². The molecular formula is C20H16N4O3. The Morgan fingerprint density at radius 3 is 2.81 bits per heavy atom. The maximum absolute atomic E-state index is 12.8. The zero-order valence-electron chi connectivity index (χ0n) is 14.3. The van der Waals surface area contributed by atoms with E-state index in [1.807, 2.05) is 12.1 Å². The molecule has 0 saturated carbocycles. The second-order valence-electron chi connectivity index (χ2n) is 6.04. The van der Waals surface area contributed by atoms with Crippen molar-refractivity contribution in [2.45, 2.75) is 12.5 Å². The van der Waals surface area contributed by atoms with E-state index in [-0.39, 0.29) is 18.5 Å². The van der Waals surface area contributed by atoms with Crippen molar-refractivity contribution in [1.82, 2.24) is 5.01 Å². The van der Waals surface area contributed by atoms with E-state index in [1.165, 1.54) is 5.01 Å². The Hall–Kier alpha value is -3.79. The van der Waals surface area contributed by atoms with Gasteiger partial charge in [0, 0.05) is 12.1 Å². The first-order chi connectivity index (χ1) is 13.2. The number of hydrogen-bond acceptors (Lipinski definition) is 6. The predicted molar refractivity (Wildman–Crippen MR) is 97.8 cm³/mol. The molecule has 2 aromatic heterocycles. The molecule has 1 N–H and O–H groups in total. The number of hydrazone groups is 1. The topological polar surface area (TPSA) is 94.8 Å². The molecule has 0 spiro atoms. The molecule has 1 aliphatic rings. The third-order valence-electron chi connectivity index (χ3n) is 4.28. The molecule has 4 rings (SSSR count). The largest absolute Gasteiger partial charge is 0.467 e. The van der Waals surface area contributed by atoms with E-state index in [0.717, 1.165) is 0 Å². The fourth-order valence-corrected chi connectivity index (χ4v) is 2.99. The average molecular weight is 360 g/mol. The molecule has 0 radical (unpaired) electrons. The quantitative estimate of drug-likeness (QED) is 0.751. The summed E-state index contributed by atoms with van der Waals surface area (Å²) in [6, 6.07) is 15.9. The van der Waals surface area contributed by atoms with E-state index in [9.17, 15) is 4.79 Å². The minimum atomic E-state index is -0.320. The third-order valence-corrected chi connectivity index (χ3v) is 4.28. The lowest BCUT2D eigenvalue weighted by Gasteiger charge is -2.20. The Bertz CT molecular complexity index is 1000. The van der Waals surface area contributed by atoms with Gasteiger partial charge in [0.1, 0.15) is 23.3 Å². The van der Waals surface area contributed by atoms with Crippen LogP contribution in [0.5, 0.6) is 0 Å². The highest BCUT2D eigenvalue weighted by atomic mass is 16.3. The highest BCUT2D eigenvalue weighted by Crippen LogP contribution is 2.33. The lowest BCUT2D eigenvalue weighted by molar-refractivity contribution is -0.131. The summed E-state index contributed by atoms with van der Waals surface area (Å²) in [4.78, 5) is 12.8. The van der Waals surface area contributed by atoms with Crippen LogP contribution in [0.1, 0.15) is 29.5 Å². The smallest absolute Gasteiger partial charge is 0.262 e. The lowest BCUT2D eigenvalue weighted by atomic mass is 10.1. The summed E-state index contributed by atoms with van der Waals surface area (Å²) in [5.41, 5.74) is 1.92. The summed E-state index contributed by atoms with van der Waals surface area (Å²) in [6.45, 7) is 0.0427. The summed E-state index contributed by atoms with van der Waals surface area (Å²) in [6.07, 6.45) is 3.67. The molecule has 7 heteroatoms. The SMILES string of the molecule is N#Cc1cccc(NCC(=O)N2N=C(c3ccco3)CC2c2ccco2)c1. The van der Waals surface area contributed by atoms with Gasteiger partial charge < -0.3 is 14.2 Å². The van der Waals surface area contributed by atoms with Crippen LogP contribution in [-0.2, 0) is 4.79 Å². The Labute approximate surface area is 155 Å². The molecule has 1 amide bonds. The van der Waals surface area contributed by atoms with Gasteiger partial charge in [0.2, 0.25) is 0 Å². The lowest BCUT2D eigenvalue weighted by Crippen LogP contribution is -2.32. The number of carbonyl (C=O) groups is 1. The fourth-order valence-electron chi connectivity index (χ4n) is 2.99. The monoisotopic (exact) mass is 360 g/mol. The van der Waals surface area contributed by atoms with Crippen LogP contribution < -0.4 is 5.32 Å². The van der Waals surface area contributed by atoms with Crippen molar-refractivity contribution in [3.8, 4) is 6.07 Å². The number of nitrogens with one attached hydrogen (secondary N) is 1. The maximum atomic E-state index is 12.8. The van der Waals surface area contributed by atoms with Crippen molar-refractivity contribution in [2.24, 2.45) is 5.10 Å². The molecule has 0 saturated heterocycles. The van der Waals surface area contributed by atoms with Gasteiger partial charge in [0.05, 0.1) is 30.7 Å². The van der Waals surface area contributed by atoms with E-state index in [4.69, 9.17) is 14.1 Å². The minimum Gasteiger partial charge on any atom is -0.467 e. The van der Waals surface area contributed by atoms with Gasteiger partial charge in [-0.2, -0.15) is 10.4 Å². The Morgan fingerprint density at radius 1 is 1.22 bits per heavy atom. The number of anilines is 1. The van der Waals surface area contributed by atoms with Crippen LogP contribution in [0.3, 0.4) is 0 Å². The number of nitrogens with zero attached hydrogens (tertiary/aromatic N) is 3. The van der Waals surface area contributed by atoms with Gasteiger partial charge in [-0.25, -0.2) is 5.01 Å². The Kier molecular flexibility index (Phi) is 4.45. The van der Waals surface area contributed by atoms with Crippen molar-refractivity contribution in [1.29, 1.82) is 5.26 Å². The summed E-state index contributed by atoms with van der Waals surface area (Å²) >= 11 is 0. The number of carbonyl (C=O) groups excluding carboxylic acids is 1. The molecule has 1 unspecified atom stereocenters. The number of amides is 1. The molecule has 3 heterocycles. The van der Waals surface area contributed by atoms with Crippen molar-refractivity contribution < 1.29 is 13.6 Å². The fraction of sp³-hybridized carbons (Fsp3) is 0.150. The first-order valence-corrected chi connectivity index (χ1v) is 8.45. The maximum Gasteiger partial charge on any atom is 0.262 e. The first-order valence-electron chi connectivity index (χ1n) is 8.45. The van der Waals surface area contributed by atoms with Crippen LogP contribution in [0.2, 0.25) is 0 Å². The molecule has 0 aliphatic carbocycles. The second kappa shape index (κ2) is 7.22. The van der Waals surface area contributed by atoms with Gasteiger partial charge in [0.25, 0.3) is 5.91 Å². The van der Waals surface area contributed by atoms with Crippen molar-refractivity contribution in [2.75, 3.05) is 11.9 Å². The summed E-state index contributed by atoms with van der Waals surface area (Å²) in [5, 5.41) is 17.9. The molecule has 3 aromatic rings. The van der Waals surface area contributed by atoms with Gasteiger partial charge in [-0.3, -0.25) is 4.79 Å². The molecule has 0 fully saturated rings. The van der Waals surface area contributed by atoms with Crippen molar-refractivity contribution >= 4 is 17.3 Å². The van der Waals surface area contributed by atoms with Gasteiger partial charge in [-0.15, -0.1) is 0 Å². The molecule has 7 nitrogen and oxygen atoms in total. The molecular weight excluding hydrogens is 344 g/mol. The summed E-state index contributed by atoms with van der Waals surface area (Å²) in [5.74, 6) is 1.09. The van der Waals surface area contributed by atoms with E-state index >= 15 is 0 Å². The summed E-state index contributed by atoms with van der Waals surface area (Å²) < 4.78 is 10.9. The Balaban J connectivity index is 1.52. The van der Waals surface area contributed by atoms with Crippen molar-refractivity contribution in [3.05, 3.63) is 78.1 Å². The zero-order valence-corrected chi connectivity index (χ0v) is 14.3. The molecule has 134 valence electrons. The standard InChI is InChI=1S/C20H16N4O3/c21-12-14-4-1-5-15(10-14)22-13-20(25)24-17(19-7-3-9-27-19)11-16(23-24)18-6-2-8-26-18/h1-10,17,22H,11,13H2. The minimum absolute atomic E-state index is 0.0427. The normalized spacial score (nSPS) is 16.0. The molecule has 27 heavy (non-hydrogen) atoms. The Morgan fingerprint density at radius 2 is 2.07 bits per heavy atom. The van der Waals surface area contributed by atoms with Crippen LogP contribution in [0.4, 0.5) is 5.69 Å².